The maximum Gasteiger partial charge on any atom is 0.356 e. The molecule has 2 aromatic heterocycles. The van der Waals surface area contributed by atoms with Gasteiger partial charge in [0.25, 0.3) is 0 Å². The van der Waals surface area contributed by atoms with E-state index in [-0.39, 0.29) is 11.5 Å². The molecule has 2 heterocycles. The highest BCUT2D eigenvalue weighted by atomic mass is 19.1. The molecule has 0 aliphatic heterocycles. The van der Waals surface area contributed by atoms with Crippen LogP contribution in [-0.2, 0) is 0 Å². The van der Waals surface area contributed by atoms with Crippen LogP contribution >= 0.6 is 0 Å². The van der Waals surface area contributed by atoms with Crippen molar-refractivity contribution >= 4 is 11.5 Å². The van der Waals surface area contributed by atoms with Crippen LogP contribution in [0.1, 0.15) is 16.2 Å². The average molecular weight is 270 g/mol. The first-order valence-corrected chi connectivity index (χ1v) is 6.05. The highest BCUT2D eigenvalue weighted by Gasteiger charge is 2.18. The third-order valence-electron chi connectivity index (χ3n) is 3.14. The maximum atomic E-state index is 13.4. The first-order chi connectivity index (χ1) is 9.58. The van der Waals surface area contributed by atoms with Gasteiger partial charge < -0.3 is 5.11 Å². The number of benzene rings is 1. The first kappa shape index (κ1) is 12.3. The van der Waals surface area contributed by atoms with Crippen LogP contribution in [0.2, 0.25) is 0 Å². The standard InChI is InChI=1S/C15H11FN2O2/c1-9-4-2-7-12-13(15(19)20)17-14(18(9)12)10-5-3-6-11(16)8-10/h2-8H,1H3,(H,19,20). The SMILES string of the molecule is Cc1cccc2c(C(=O)O)nc(-c3cccc(F)c3)n12. The number of imidazole rings is 1. The summed E-state index contributed by atoms with van der Waals surface area (Å²) in [6.07, 6.45) is 0. The fraction of sp³-hybridized carbons (Fsp3) is 0.0667. The molecule has 0 bridgehead atoms. The Labute approximate surface area is 114 Å². The first-order valence-electron chi connectivity index (χ1n) is 6.05. The fourth-order valence-electron chi connectivity index (χ4n) is 2.28. The number of nitrogens with zero attached hydrogens (tertiary/aromatic N) is 2. The predicted octanol–water partition coefficient (Wildman–Crippen LogP) is 3.15. The number of carboxylic acids is 1. The van der Waals surface area contributed by atoms with Gasteiger partial charge >= 0.3 is 5.97 Å². The van der Waals surface area contributed by atoms with Crippen LogP contribution in [0.3, 0.4) is 0 Å². The second-order valence-electron chi connectivity index (χ2n) is 4.49. The van der Waals surface area contributed by atoms with Gasteiger partial charge in [-0.3, -0.25) is 4.40 Å². The number of aromatic carboxylic acids is 1. The molecule has 1 N–H and O–H groups in total. The van der Waals surface area contributed by atoms with Crippen molar-refractivity contribution in [2.75, 3.05) is 0 Å². The van der Waals surface area contributed by atoms with Crippen molar-refractivity contribution in [1.82, 2.24) is 9.38 Å². The Morgan fingerprint density at radius 1 is 1.25 bits per heavy atom. The number of hydrogen-bond donors (Lipinski definition) is 1. The molecular formula is C15H11FN2O2. The number of pyridine rings is 1. The minimum Gasteiger partial charge on any atom is -0.476 e. The van der Waals surface area contributed by atoms with Crippen molar-refractivity contribution in [1.29, 1.82) is 0 Å². The van der Waals surface area contributed by atoms with E-state index in [0.29, 0.717) is 16.9 Å². The number of carboxylic acid groups (broad SMARTS) is 1. The molecule has 100 valence electrons. The number of hydrogen-bond acceptors (Lipinski definition) is 2. The van der Waals surface area contributed by atoms with E-state index in [2.05, 4.69) is 4.98 Å². The number of fused-ring (bicyclic) bond motifs is 1. The monoisotopic (exact) mass is 270 g/mol. The molecule has 0 spiro atoms. The van der Waals surface area contributed by atoms with E-state index in [4.69, 9.17) is 0 Å². The van der Waals surface area contributed by atoms with E-state index in [1.54, 1.807) is 28.7 Å². The molecule has 20 heavy (non-hydrogen) atoms. The van der Waals surface area contributed by atoms with E-state index in [9.17, 15) is 14.3 Å². The molecular weight excluding hydrogens is 259 g/mol. The van der Waals surface area contributed by atoms with Crippen LogP contribution in [-0.4, -0.2) is 20.5 Å². The Bertz CT molecular complexity index is 824. The van der Waals surface area contributed by atoms with Crippen molar-refractivity contribution in [2.45, 2.75) is 6.92 Å². The highest BCUT2D eigenvalue weighted by molar-refractivity contribution is 5.95. The maximum absolute atomic E-state index is 13.4. The van der Waals surface area contributed by atoms with Gasteiger partial charge in [-0.05, 0) is 31.2 Å². The number of aromatic nitrogens is 2. The van der Waals surface area contributed by atoms with Crippen molar-refractivity contribution in [3.63, 3.8) is 0 Å². The Balaban J connectivity index is 2.39. The molecule has 0 amide bonds. The van der Waals surface area contributed by atoms with E-state index in [1.165, 1.54) is 12.1 Å². The van der Waals surface area contributed by atoms with Crippen LogP contribution in [0.15, 0.2) is 42.5 Å². The van der Waals surface area contributed by atoms with Crippen LogP contribution < -0.4 is 0 Å². The zero-order valence-corrected chi connectivity index (χ0v) is 10.7. The molecule has 0 fully saturated rings. The van der Waals surface area contributed by atoms with Gasteiger partial charge in [0.15, 0.2) is 5.69 Å². The second-order valence-corrected chi connectivity index (χ2v) is 4.49. The zero-order valence-electron chi connectivity index (χ0n) is 10.7. The summed E-state index contributed by atoms with van der Waals surface area (Å²) in [5.41, 5.74) is 1.84. The summed E-state index contributed by atoms with van der Waals surface area (Å²) in [4.78, 5) is 15.4. The van der Waals surface area contributed by atoms with Gasteiger partial charge in [-0.1, -0.05) is 18.2 Å². The van der Waals surface area contributed by atoms with Crippen molar-refractivity contribution < 1.29 is 14.3 Å². The Morgan fingerprint density at radius 3 is 2.70 bits per heavy atom. The molecule has 3 aromatic rings. The minimum atomic E-state index is -1.10. The topological polar surface area (TPSA) is 54.6 Å². The fourth-order valence-corrected chi connectivity index (χ4v) is 2.28. The normalized spacial score (nSPS) is 10.9. The number of carbonyl (C=O) groups is 1. The summed E-state index contributed by atoms with van der Waals surface area (Å²) in [7, 11) is 0. The van der Waals surface area contributed by atoms with Gasteiger partial charge in [0.05, 0.1) is 5.52 Å². The van der Waals surface area contributed by atoms with Gasteiger partial charge in [0, 0.05) is 11.3 Å². The third kappa shape index (κ3) is 1.84. The highest BCUT2D eigenvalue weighted by Crippen LogP contribution is 2.25. The number of rotatable bonds is 2. The molecule has 4 nitrogen and oxygen atoms in total. The summed E-state index contributed by atoms with van der Waals surface area (Å²) in [6.45, 7) is 1.85. The quantitative estimate of drug-likeness (QED) is 0.778. The lowest BCUT2D eigenvalue weighted by Gasteiger charge is -2.04. The summed E-state index contributed by atoms with van der Waals surface area (Å²) in [6, 6.07) is 11.3. The van der Waals surface area contributed by atoms with Crippen LogP contribution in [0.4, 0.5) is 4.39 Å². The lowest BCUT2D eigenvalue weighted by atomic mass is 10.2. The predicted molar refractivity (Wildman–Crippen MR) is 72.3 cm³/mol. The van der Waals surface area contributed by atoms with Crippen molar-refractivity contribution in [3.05, 3.63) is 59.7 Å². The molecule has 0 saturated carbocycles. The van der Waals surface area contributed by atoms with Gasteiger partial charge in [-0.15, -0.1) is 0 Å². The second kappa shape index (κ2) is 4.45. The summed E-state index contributed by atoms with van der Waals surface area (Å²) in [5, 5.41) is 9.24. The van der Waals surface area contributed by atoms with Gasteiger partial charge in [-0.2, -0.15) is 0 Å². The molecule has 0 unspecified atom stereocenters. The molecule has 0 radical (unpaired) electrons. The Morgan fingerprint density at radius 2 is 2.00 bits per heavy atom. The zero-order chi connectivity index (χ0) is 14.3. The van der Waals surface area contributed by atoms with E-state index < -0.39 is 5.97 Å². The summed E-state index contributed by atoms with van der Waals surface area (Å²) in [5.74, 6) is -1.06. The molecule has 0 saturated heterocycles. The smallest absolute Gasteiger partial charge is 0.356 e. The summed E-state index contributed by atoms with van der Waals surface area (Å²) >= 11 is 0. The number of halogens is 1. The summed E-state index contributed by atoms with van der Waals surface area (Å²) < 4.78 is 15.1. The molecule has 3 rings (SSSR count). The minimum absolute atomic E-state index is 0.0343. The lowest BCUT2D eigenvalue weighted by molar-refractivity contribution is 0.0693. The van der Waals surface area contributed by atoms with Crippen molar-refractivity contribution in [2.24, 2.45) is 0 Å². The molecule has 0 aliphatic rings. The van der Waals surface area contributed by atoms with Gasteiger partial charge in [-0.25, -0.2) is 14.2 Å². The Kier molecular flexibility index (Phi) is 2.75. The van der Waals surface area contributed by atoms with Crippen LogP contribution in [0, 0.1) is 12.7 Å². The largest absolute Gasteiger partial charge is 0.476 e. The van der Waals surface area contributed by atoms with Gasteiger partial charge in [0.1, 0.15) is 11.6 Å². The van der Waals surface area contributed by atoms with E-state index in [1.807, 2.05) is 13.0 Å². The van der Waals surface area contributed by atoms with Gasteiger partial charge in [0.2, 0.25) is 0 Å². The molecule has 5 heteroatoms. The van der Waals surface area contributed by atoms with Crippen LogP contribution in [0.25, 0.3) is 16.9 Å². The molecule has 1 aromatic carbocycles. The number of aryl methyl sites for hydroxylation is 1. The lowest BCUT2D eigenvalue weighted by Crippen LogP contribution is -1.97. The Hall–Kier alpha value is -2.69. The average Bonchev–Trinajstić information content (AvgIpc) is 2.80. The van der Waals surface area contributed by atoms with E-state index in [0.717, 1.165) is 5.69 Å². The third-order valence-corrected chi connectivity index (χ3v) is 3.14. The van der Waals surface area contributed by atoms with E-state index >= 15 is 0 Å². The molecule has 0 atom stereocenters. The van der Waals surface area contributed by atoms with Crippen LogP contribution in [0.5, 0.6) is 0 Å². The molecule has 0 aliphatic carbocycles. The van der Waals surface area contributed by atoms with Crippen molar-refractivity contribution in [3.8, 4) is 11.4 Å².